The number of anilines is 1. The number of carboxylic acid groups (broad SMARTS) is 1. The molecule has 0 spiro atoms. The van der Waals surface area contributed by atoms with Gasteiger partial charge in [0.05, 0.1) is 5.56 Å². The van der Waals surface area contributed by atoms with Crippen molar-refractivity contribution >= 4 is 28.3 Å². The Balaban J connectivity index is 2.50. The molecule has 0 radical (unpaired) electrons. The minimum absolute atomic E-state index is 0.178. The van der Waals surface area contributed by atoms with Crippen molar-refractivity contribution in [2.24, 2.45) is 0 Å². The molecule has 0 saturated heterocycles. The van der Waals surface area contributed by atoms with Crippen molar-refractivity contribution in [3.05, 3.63) is 41.5 Å². The highest BCUT2D eigenvalue weighted by atomic mass is 16.4. The molecule has 1 heterocycles. The molecule has 0 aliphatic carbocycles. The van der Waals surface area contributed by atoms with Crippen LogP contribution in [-0.4, -0.2) is 17.0 Å². The number of aromatic carboxylic acids is 1. The summed E-state index contributed by atoms with van der Waals surface area (Å²) in [6, 6.07) is 8.24. The number of amides is 1. The first-order chi connectivity index (χ1) is 7.68. The van der Waals surface area contributed by atoms with Gasteiger partial charge in [0, 0.05) is 16.6 Å². The van der Waals surface area contributed by atoms with Gasteiger partial charge in [-0.3, -0.25) is 4.79 Å². The molecule has 0 aromatic heterocycles. The fraction of sp³-hybridized carbons (Fsp3) is 0. The molecule has 0 saturated carbocycles. The quantitative estimate of drug-likeness (QED) is 0.762. The molecule has 2 N–H and O–H groups in total. The third-order valence-electron chi connectivity index (χ3n) is 2.76. The van der Waals surface area contributed by atoms with Gasteiger partial charge >= 0.3 is 5.97 Å². The summed E-state index contributed by atoms with van der Waals surface area (Å²) in [5.41, 5.74) is 1.44. The second-order valence-electron chi connectivity index (χ2n) is 3.65. The summed E-state index contributed by atoms with van der Waals surface area (Å²) in [7, 11) is 0. The highest BCUT2D eigenvalue weighted by molar-refractivity contribution is 6.26. The minimum Gasteiger partial charge on any atom is -0.478 e. The van der Waals surface area contributed by atoms with Crippen molar-refractivity contribution in [3.8, 4) is 0 Å². The van der Waals surface area contributed by atoms with E-state index in [9.17, 15) is 9.59 Å². The fourth-order valence-corrected chi connectivity index (χ4v) is 2.08. The molecule has 1 amide bonds. The van der Waals surface area contributed by atoms with Gasteiger partial charge in [-0.2, -0.15) is 0 Å². The molecular formula is C12H7NO3. The van der Waals surface area contributed by atoms with Crippen LogP contribution in [0, 0.1) is 0 Å². The second kappa shape index (κ2) is 2.82. The molecule has 4 heteroatoms. The zero-order valence-electron chi connectivity index (χ0n) is 8.15. The van der Waals surface area contributed by atoms with Crippen molar-refractivity contribution < 1.29 is 14.7 Å². The molecule has 2 aromatic rings. The smallest absolute Gasteiger partial charge is 0.336 e. The van der Waals surface area contributed by atoms with Crippen molar-refractivity contribution in [1.29, 1.82) is 0 Å². The maximum atomic E-state index is 11.6. The van der Waals surface area contributed by atoms with Gasteiger partial charge in [0.2, 0.25) is 0 Å². The zero-order chi connectivity index (χ0) is 11.3. The SMILES string of the molecule is O=C(O)c1ccc2c3c(cccc13)C(=O)N2. The van der Waals surface area contributed by atoms with E-state index in [1.807, 2.05) is 0 Å². The van der Waals surface area contributed by atoms with E-state index >= 15 is 0 Å². The molecule has 2 aromatic carbocycles. The molecular weight excluding hydrogens is 206 g/mol. The van der Waals surface area contributed by atoms with Gasteiger partial charge in [-0.05, 0) is 23.6 Å². The lowest BCUT2D eigenvalue weighted by Crippen LogP contribution is -2.03. The van der Waals surface area contributed by atoms with Gasteiger partial charge in [0.1, 0.15) is 0 Å². The van der Waals surface area contributed by atoms with Gasteiger partial charge < -0.3 is 10.4 Å². The largest absolute Gasteiger partial charge is 0.478 e. The predicted octanol–water partition coefficient (Wildman–Crippen LogP) is 2.10. The number of nitrogens with one attached hydrogen (secondary N) is 1. The second-order valence-corrected chi connectivity index (χ2v) is 3.65. The summed E-state index contributed by atoms with van der Waals surface area (Å²) >= 11 is 0. The van der Waals surface area contributed by atoms with Crippen molar-refractivity contribution in [2.75, 3.05) is 5.32 Å². The molecule has 3 rings (SSSR count). The molecule has 0 bridgehead atoms. The van der Waals surface area contributed by atoms with E-state index in [1.54, 1.807) is 24.3 Å². The van der Waals surface area contributed by atoms with Gasteiger partial charge in [-0.1, -0.05) is 12.1 Å². The van der Waals surface area contributed by atoms with Gasteiger partial charge in [-0.15, -0.1) is 0 Å². The van der Waals surface area contributed by atoms with E-state index in [2.05, 4.69) is 5.32 Å². The van der Waals surface area contributed by atoms with Crippen molar-refractivity contribution in [2.45, 2.75) is 0 Å². The number of hydrogen-bond donors (Lipinski definition) is 2. The Labute approximate surface area is 90.5 Å². The monoisotopic (exact) mass is 213 g/mol. The van der Waals surface area contributed by atoms with Crippen LogP contribution in [0.1, 0.15) is 20.7 Å². The highest BCUT2D eigenvalue weighted by Gasteiger charge is 2.23. The summed E-state index contributed by atoms with van der Waals surface area (Å²) < 4.78 is 0. The van der Waals surface area contributed by atoms with Gasteiger partial charge in [0.25, 0.3) is 5.91 Å². The van der Waals surface area contributed by atoms with E-state index in [0.29, 0.717) is 22.0 Å². The number of hydrogen-bond acceptors (Lipinski definition) is 2. The van der Waals surface area contributed by atoms with E-state index in [1.165, 1.54) is 6.07 Å². The van der Waals surface area contributed by atoms with E-state index < -0.39 is 5.97 Å². The summed E-state index contributed by atoms with van der Waals surface area (Å²) in [6.07, 6.45) is 0. The third kappa shape index (κ3) is 0.982. The first-order valence-corrected chi connectivity index (χ1v) is 4.79. The Morgan fingerprint density at radius 1 is 1.19 bits per heavy atom. The standard InChI is InChI=1S/C12H7NO3/c14-11-8-3-1-2-6-7(12(15)16)4-5-9(13-11)10(6)8/h1-5H,(H,13,14)(H,15,16). The van der Waals surface area contributed by atoms with E-state index in [0.717, 1.165) is 0 Å². The topological polar surface area (TPSA) is 66.4 Å². The lowest BCUT2D eigenvalue weighted by Gasteiger charge is -2.03. The van der Waals surface area contributed by atoms with E-state index in [-0.39, 0.29) is 11.5 Å². The molecule has 4 nitrogen and oxygen atoms in total. The maximum Gasteiger partial charge on any atom is 0.336 e. The lowest BCUT2D eigenvalue weighted by atomic mass is 10.0. The van der Waals surface area contributed by atoms with Crippen LogP contribution in [0.15, 0.2) is 30.3 Å². The number of carbonyl (C=O) groups is 2. The number of benzene rings is 2. The molecule has 0 fully saturated rings. The number of carbonyl (C=O) groups excluding carboxylic acids is 1. The Kier molecular flexibility index (Phi) is 1.57. The van der Waals surface area contributed by atoms with Crippen LogP contribution in [0.25, 0.3) is 10.8 Å². The molecule has 78 valence electrons. The van der Waals surface area contributed by atoms with Crippen LogP contribution < -0.4 is 5.32 Å². The van der Waals surface area contributed by atoms with E-state index in [4.69, 9.17) is 5.11 Å². The zero-order valence-corrected chi connectivity index (χ0v) is 8.15. The minimum atomic E-state index is -0.983. The fourth-order valence-electron chi connectivity index (χ4n) is 2.08. The van der Waals surface area contributed by atoms with Crippen LogP contribution in [0.4, 0.5) is 5.69 Å². The Morgan fingerprint density at radius 3 is 2.75 bits per heavy atom. The first-order valence-electron chi connectivity index (χ1n) is 4.79. The van der Waals surface area contributed by atoms with Crippen LogP contribution in [0.2, 0.25) is 0 Å². The van der Waals surface area contributed by atoms with Crippen LogP contribution >= 0.6 is 0 Å². The maximum absolute atomic E-state index is 11.6. The Bertz CT molecular complexity index is 646. The van der Waals surface area contributed by atoms with Crippen LogP contribution in [0.3, 0.4) is 0 Å². The van der Waals surface area contributed by atoms with Crippen molar-refractivity contribution in [3.63, 3.8) is 0 Å². The number of carboxylic acids is 1. The normalized spacial score (nSPS) is 12.9. The molecule has 0 atom stereocenters. The molecule has 1 aliphatic heterocycles. The molecule has 1 aliphatic rings. The average Bonchev–Trinajstić information content (AvgIpc) is 2.58. The summed E-state index contributed by atoms with van der Waals surface area (Å²) in [5, 5.41) is 13.1. The number of rotatable bonds is 1. The predicted molar refractivity (Wildman–Crippen MR) is 58.9 cm³/mol. The first kappa shape index (κ1) is 8.91. The highest BCUT2D eigenvalue weighted by Crippen LogP contribution is 2.34. The van der Waals surface area contributed by atoms with Gasteiger partial charge in [0.15, 0.2) is 0 Å². The van der Waals surface area contributed by atoms with Crippen LogP contribution in [0.5, 0.6) is 0 Å². The third-order valence-corrected chi connectivity index (χ3v) is 2.76. The Morgan fingerprint density at radius 2 is 2.00 bits per heavy atom. The summed E-state index contributed by atoms with van der Waals surface area (Å²) in [6.45, 7) is 0. The Hall–Kier alpha value is -2.36. The van der Waals surface area contributed by atoms with Gasteiger partial charge in [-0.25, -0.2) is 4.79 Å². The van der Waals surface area contributed by atoms with Crippen molar-refractivity contribution in [1.82, 2.24) is 0 Å². The lowest BCUT2D eigenvalue weighted by molar-refractivity contribution is 0.0699. The summed E-state index contributed by atoms with van der Waals surface area (Å²) in [5.74, 6) is -1.16. The molecule has 0 unspecified atom stereocenters. The summed E-state index contributed by atoms with van der Waals surface area (Å²) in [4.78, 5) is 22.6. The van der Waals surface area contributed by atoms with Crippen LogP contribution in [-0.2, 0) is 0 Å². The average molecular weight is 213 g/mol. The molecule has 16 heavy (non-hydrogen) atoms.